The van der Waals surface area contributed by atoms with Crippen LogP contribution in [0, 0.1) is 5.92 Å². The van der Waals surface area contributed by atoms with Gasteiger partial charge in [0.1, 0.15) is 5.76 Å². The molecule has 1 unspecified atom stereocenters. The van der Waals surface area contributed by atoms with Gasteiger partial charge < -0.3 is 20.4 Å². The number of nitrogens with one attached hydrogen (secondary N) is 3. The highest BCUT2D eigenvalue weighted by Crippen LogP contribution is 2.25. The Hall–Kier alpha value is -2.02. The smallest absolute Gasteiger partial charge is 0.314 e. The Bertz CT molecular complexity index is 539. The standard InChI is InChI=1S/C19H32N4O3/c1-23(2)16(17-9-6-12-26-17)14-22-19(25)21-11-10-20-18(24)13-15-7-4-3-5-8-15/h6,9,12,15-16H,3-5,7-8,10-11,13-14H2,1-2H3,(H,20,24)(H2,21,22,25). The van der Waals surface area contributed by atoms with Gasteiger partial charge in [0, 0.05) is 26.1 Å². The predicted molar refractivity (Wildman–Crippen MR) is 101 cm³/mol. The van der Waals surface area contributed by atoms with Gasteiger partial charge in [0.2, 0.25) is 5.91 Å². The number of carbonyl (C=O) groups excluding carboxylic acids is 2. The molecule has 1 aromatic rings. The van der Waals surface area contributed by atoms with Crippen molar-refractivity contribution < 1.29 is 14.0 Å². The monoisotopic (exact) mass is 364 g/mol. The number of rotatable bonds is 9. The summed E-state index contributed by atoms with van der Waals surface area (Å²) in [7, 11) is 3.88. The van der Waals surface area contributed by atoms with Crippen LogP contribution in [0.5, 0.6) is 0 Å². The number of hydrogen-bond donors (Lipinski definition) is 3. The van der Waals surface area contributed by atoms with E-state index in [0.717, 1.165) is 18.6 Å². The molecule has 1 aliphatic rings. The molecule has 0 aliphatic heterocycles. The zero-order valence-corrected chi connectivity index (χ0v) is 15.9. The number of furan rings is 1. The lowest BCUT2D eigenvalue weighted by Crippen LogP contribution is -2.43. The molecule has 2 rings (SSSR count). The van der Waals surface area contributed by atoms with Gasteiger partial charge in [-0.2, -0.15) is 0 Å². The number of carbonyl (C=O) groups is 2. The van der Waals surface area contributed by atoms with E-state index in [1.54, 1.807) is 6.26 Å². The third kappa shape index (κ3) is 7.07. The summed E-state index contributed by atoms with van der Waals surface area (Å²) in [4.78, 5) is 25.8. The van der Waals surface area contributed by atoms with Crippen molar-refractivity contribution in [2.24, 2.45) is 5.92 Å². The number of likely N-dealkylation sites (N-methyl/N-ethyl adjacent to an activating group) is 1. The summed E-state index contributed by atoms with van der Waals surface area (Å²) in [6, 6.07) is 3.46. The molecule has 0 bridgehead atoms. The lowest BCUT2D eigenvalue weighted by molar-refractivity contribution is -0.122. The van der Waals surface area contributed by atoms with Crippen LogP contribution < -0.4 is 16.0 Å². The molecule has 1 fully saturated rings. The largest absolute Gasteiger partial charge is 0.468 e. The normalized spacial score (nSPS) is 16.3. The van der Waals surface area contributed by atoms with E-state index in [9.17, 15) is 9.59 Å². The summed E-state index contributed by atoms with van der Waals surface area (Å²) in [5.74, 6) is 1.43. The minimum absolute atomic E-state index is 0.0223. The van der Waals surface area contributed by atoms with E-state index in [4.69, 9.17) is 4.42 Å². The first-order valence-corrected chi connectivity index (χ1v) is 9.54. The summed E-state index contributed by atoms with van der Waals surface area (Å²) < 4.78 is 5.42. The minimum atomic E-state index is -0.245. The van der Waals surface area contributed by atoms with Gasteiger partial charge in [0.15, 0.2) is 0 Å². The van der Waals surface area contributed by atoms with Crippen molar-refractivity contribution in [1.29, 1.82) is 0 Å². The van der Waals surface area contributed by atoms with E-state index in [1.165, 1.54) is 19.3 Å². The second kappa shape index (κ2) is 10.9. The Morgan fingerprint density at radius 3 is 2.54 bits per heavy atom. The van der Waals surface area contributed by atoms with Crippen molar-refractivity contribution in [2.45, 2.75) is 44.6 Å². The van der Waals surface area contributed by atoms with E-state index < -0.39 is 0 Å². The maximum atomic E-state index is 11.9. The zero-order chi connectivity index (χ0) is 18.8. The molecule has 1 saturated carbocycles. The highest BCUT2D eigenvalue weighted by atomic mass is 16.3. The van der Waals surface area contributed by atoms with Crippen LogP contribution >= 0.6 is 0 Å². The first kappa shape index (κ1) is 20.3. The fraction of sp³-hybridized carbons (Fsp3) is 0.684. The SMILES string of the molecule is CN(C)C(CNC(=O)NCCNC(=O)CC1CCCCC1)c1ccco1. The van der Waals surface area contributed by atoms with Crippen LogP contribution in [0.4, 0.5) is 4.79 Å². The maximum absolute atomic E-state index is 11.9. The quantitative estimate of drug-likeness (QED) is 0.587. The molecule has 0 radical (unpaired) electrons. The maximum Gasteiger partial charge on any atom is 0.314 e. The third-order valence-corrected chi connectivity index (χ3v) is 4.88. The molecule has 3 N–H and O–H groups in total. The number of amides is 3. The van der Waals surface area contributed by atoms with Crippen LogP contribution in [0.25, 0.3) is 0 Å². The lowest BCUT2D eigenvalue weighted by atomic mass is 9.87. The molecule has 1 heterocycles. The van der Waals surface area contributed by atoms with Gasteiger partial charge in [-0.05, 0) is 45.0 Å². The Morgan fingerprint density at radius 2 is 1.88 bits per heavy atom. The number of urea groups is 1. The van der Waals surface area contributed by atoms with E-state index >= 15 is 0 Å². The van der Waals surface area contributed by atoms with Crippen molar-refractivity contribution in [3.05, 3.63) is 24.2 Å². The average Bonchev–Trinajstić information content (AvgIpc) is 3.14. The van der Waals surface area contributed by atoms with Gasteiger partial charge in [-0.25, -0.2) is 4.79 Å². The molecule has 0 spiro atoms. The Morgan fingerprint density at radius 1 is 1.15 bits per heavy atom. The van der Waals surface area contributed by atoms with E-state index in [0.29, 0.717) is 32.0 Å². The van der Waals surface area contributed by atoms with E-state index in [2.05, 4.69) is 16.0 Å². The summed E-state index contributed by atoms with van der Waals surface area (Å²) in [6.45, 7) is 1.31. The van der Waals surface area contributed by atoms with Crippen LogP contribution in [-0.2, 0) is 4.79 Å². The molecule has 0 aromatic carbocycles. The molecular weight excluding hydrogens is 332 g/mol. The molecule has 3 amide bonds. The molecule has 0 saturated heterocycles. The lowest BCUT2D eigenvalue weighted by Gasteiger charge is -2.22. The predicted octanol–water partition coefficient (Wildman–Crippen LogP) is 2.27. The van der Waals surface area contributed by atoms with E-state index in [1.807, 2.05) is 31.1 Å². The second-order valence-electron chi connectivity index (χ2n) is 7.19. The summed E-state index contributed by atoms with van der Waals surface area (Å²) >= 11 is 0. The molecule has 1 aromatic heterocycles. The van der Waals surface area contributed by atoms with Crippen molar-refractivity contribution in [3.63, 3.8) is 0 Å². The van der Waals surface area contributed by atoms with Gasteiger partial charge in [-0.1, -0.05) is 19.3 Å². The summed E-state index contributed by atoms with van der Waals surface area (Å²) in [5.41, 5.74) is 0. The highest BCUT2D eigenvalue weighted by molar-refractivity contribution is 5.76. The highest BCUT2D eigenvalue weighted by Gasteiger charge is 2.18. The van der Waals surface area contributed by atoms with Gasteiger partial charge in [-0.3, -0.25) is 9.69 Å². The van der Waals surface area contributed by atoms with Crippen molar-refractivity contribution in [1.82, 2.24) is 20.9 Å². The first-order chi connectivity index (χ1) is 12.6. The molecular formula is C19H32N4O3. The molecule has 7 nitrogen and oxygen atoms in total. The van der Waals surface area contributed by atoms with Crippen LogP contribution in [0.1, 0.15) is 50.3 Å². The molecule has 146 valence electrons. The van der Waals surface area contributed by atoms with Gasteiger partial charge >= 0.3 is 6.03 Å². The van der Waals surface area contributed by atoms with Crippen LogP contribution in [0.3, 0.4) is 0 Å². The van der Waals surface area contributed by atoms with Gasteiger partial charge in [0.05, 0.1) is 12.3 Å². The number of hydrogen-bond acceptors (Lipinski definition) is 4. The first-order valence-electron chi connectivity index (χ1n) is 9.54. The van der Waals surface area contributed by atoms with Crippen LogP contribution in [0.2, 0.25) is 0 Å². The van der Waals surface area contributed by atoms with Crippen molar-refractivity contribution >= 4 is 11.9 Å². The zero-order valence-electron chi connectivity index (χ0n) is 15.9. The minimum Gasteiger partial charge on any atom is -0.468 e. The van der Waals surface area contributed by atoms with Crippen molar-refractivity contribution in [2.75, 3.05) is 33.7 Å². The average molecular weight is 364 g/mol. The van der Waals surface area contributed by atoms with E-state index in [-0.39, 0.29) is 18.0 Å². The van der Waals surface area contributed by atoms with Crippen LogP contribution in [-0.4, -0.2) is 50.6 Å². The fourth-order valence-electron chi connectivity index (χ4n) is 3.37. The third-order valence-electron chi connectivity index (χ3n) is 4.88. The molecule has 7 heteroatoms. The molecule has 26 heavy (non-hydrogen) atoms. The Labute approximate surface area is 155 Å². The molecule has 1 aliphatic carbocycles. The number of nitrogens with zero attached hydrogens (tertiary/aromatic N) is 1. The van der Waals surface area contributed by atoms with Gasteiger partial charge in [-0.15, -0.1) is 0 Å². The molecule has 1 atom stereocenters. The topological polar surface area (TPSA) is 86.6 Å². The van der Waals surface area contributed by atoms with Gasteiger partial charge in [0.25, 0.3) is 0 Å². The summed E-state index contributed by atoms with van der Waals surface area (Å²) in [5, 5.41) is 8.50. The Balaban J connectivity index is 1.57. The fourth-order valence-corrected chi connectivity index (χ4v) is 3.37. The Kier molecular flexibility index (Phi) is 8.47. The second-order valence-corrected chi connectivity index (χ2v) is 7.19. The van der Waals surface area contributed by atoms with Crippen molar-refractivity contribution in [3.8, 4) is 0 Å². The van der Waals surface area contributed by atoms with Crippen LogP contribution in [0.15, 0.2) is 22.8 Å². The summed E-state index contributed by atoms with van der Waals surface area (Å²) in [6.07, 6.45) is 8.35.